The maximum atomic E-state index is 12.6. The van der Waals surface area contributed by atoms with Gasteiger partial charge in [0.2, 0.25) is 0 Å². The van der Waals surface area contributed by atoms with Gasteiger partial charge in [0.15, 0.2) is 0 Å². The Morgan fingerprint density at radius 3 is 2.70 bits per heavy atom. The fourth-order valence-electron chi connectivity index (χ4n) is 2.78. The summed E-state index contributed by atoms with van der Waals surface area (Å²) in [7, 11) is 0. The summed E-state index contributed by atoms with van der Waals surface area (Å²) < 4.78 is 0. The number of fused-ring (bicyclic) bond motifs is 1. The molecule has 1 saturated heterocycles. The third-order valence-corrected chi connectivity index (χ3v) is 4.81. The van der Waals surface area contributed by atoms with Crippen LogP contribution < -0.4 is 5.73 Å². The van der Waals surface area contributed by atoms with E-state index in [1.54, 1.807) is 0 Å². The lowest BCUT2D eigenvalue weighted by atomic mass is 10.2. The number of aromatic amines is 1. The minimum Gasteiger partial charge on any atom is -0.399 e. The second kappa shape index (κ2) is 5.05. The smallest absolute Gasteiger partial charge is 0.270 e. The minimum atomic E-state index is 0.0822. The number of nitrogen functional groups attached to an aromatic ring is 1. The lowest BCUT2D eigenvalue weighted by Crippen LogP contribution is -2.44. The summed E-state index contributed by atoms with van der Waals surface area (Å²) >= 11 is 1.94. The zero-order chi connectivity index (χ0) is 14.3. The number of nitrogens with one attached hydrogen (secondary N) is 1. The van der Waals surface area contributed by atoms with Crippen LogP contribution >= 0.6 is 11.8 Å². The van der Waals surface area contributed by atoms with Crippen molar-refractivity contribution in [1.29, 1.82) is 0 Å². The third kappa shape index (κ3) is 2.50. The summed E-state index contributed by atoms with van der Waals surface area (Å²) in [5.41, 5.74) is 8.10. The number of amides is 1. The predicted octanol–water partition coefficient (Wildman–Crippen LogP) is 2.72. The van der Waals surface area contributed by atoms with Crippen LogP contribution in [-0.4, -0.2) is 39.4 Å². The molecular formula is C15H19N3OS. The molecular weight excluding hydrogens is 270 g/mol. The first-order valence-electron chi connectivity index (χ1n) is 6.86. The van der Waals surface area contributed by atoms with Gasteiger partial charge in [0.05, 0.1) is 0 Å². The SMILES string of the molecule is CC1CN(C(=O)c2cc3cc(N)ccc3[nH]2)CC(C)S1. The van der Waals surface area contributed by atoms with Crippen LogP contribution in [0.5, 0.6) is 0 Å². The number of nitrogens with two attached hydrogens (primary N) is 1. The zero-order valence-corrected chi connectivity index (χ0v) is 12.5. The van der Waals surface area contributed by atoms with E-state index in [4.69, 9.17) is 5.73 Å². The highest BCUT2D eigenvalue weighted by Gasteiger charge is 2.27. The summed E-state index contributed by atoms with van der Waals surface area (Å²) in [4.78, 5) is 17.7. The van der Waals surface area contributed by atoms with Crippen LogP contribution in [0.2, 0.25) is 0 Å². The molecule has 0 spiro atoms. The van der Waals surface area contributed by atoms with Crippen molar-refractivity contribution in [3.05, 3.63) is 30.0 Å². The number of anilines is 1. The average Bonchev–Trinajstić information content (AvgIpc) is 2.79. The molecule has 4 nitrogen and oxygen atoms in total. The second-order valence-corrected chi connectivity index (χ2v) is 7.38. The molecule has 0 aliphatic carbocycles. The number of benzene rings is 1. The van der Waals surface area contributed by atoms with Crippen molar-refractivity contribution in [3.8, 4) is 0 Å². The third-order valence-electron chi connectivity index (χ3n) is 3.58. The van der Waals surface area contributed by atoms with Gasteiger partial charge in [-0.05, 0) is 24.3 Å². The van der Waals surface area contributed by atoms with Crippen molar-refractivity contribution >= 4 is 34.3 Å². The molecule has 1 aromatic heterocycles. The summed E-state index contributed by atoms with van der Waals surface area (Å²) in [6.07, 6.45) is 0. The van der Waals surface area contributed by atoms with Gasteiger partial charge in [-0.25, -0.2) is 0 Å². The Hall–Kier alpha value is -1.62. The normalized spacial score (nSPS) is 23.2. The number of H-pyrrole nitrogens is 1. The van der Waals surface area contributed by atoms with Crippen LogP contribution in [0.4, 0.5) is 5.69 Å². The van der Waals surface area contributed by atoms with Crippen molar-refractivity contribution in [3.63, 3.8) is 0 Å². The molecule has 0 saturated carbocycles. The van der Waals surface area contributed by atoms with E-state index in [0.717, 1.165) is 24.0 Å². The highest BCUT2D eigenvalue weighted by atomic mass is 32.2. The minimum absolute atomic E-state index is 0.0822. The number of thioether (sulfide) groups is 1. The van der Waals surface area contributed by atoms with Gasteiger partial charge in [-0.3, -0.25) is 4.79 Å². The quantitative estimate of drug-likeness (QED) is 0.793. The van der Waals surface area contributed by atoms with Gasteiger partial charge in [0.1, 0.15) is 5.69 Å². The Balaban J connectivity index is 1.88. The van der Waals surface area contributed by atoms with Gasteiger partial charge in [-0.2, -0.15) is 11.8 Å². The van der Waals surface area contributed by atoms with E-state index in [9.17, 15) is 4.79 Å². The van der Waals surface area contributed by atoms with E-state index in [1.165, 1.54) is 0 Å². The molecule has 1 aliphatic heterocycles. The summed E-state index contributed by atoms with van der Waals surface area (Å²) in [5.74, 6) is 0.0822. The van der Waals surface area contributed by atoms with E-state index < -0.39 is 0 Å². The molecule has 2 aromatic rings. The molecule has 20 heavy (non-hydrogen) atoms. The molecule has 3 N–H and O–H groups in total. The first kappa shape index (κ1) is 13.4. The second-order valence-electron chi connectivity index (χ2n) is 5.50. The van der Waals surface area contributed by atoms with Crippen molar-refractivity contribution in [1.82, 2.24) is 9.88 Å². The maximum Gasteiger partial charge on any atom is 0.270 e. The Morgan fingerprint density at radius 2 is 2.00 bits per heavy atom. The van der Waals surface area contributed by atoms with Crippen molar-refractivity contribution in [2.75, 3.05) is 18.8 Å². The van der Waals surface area contributed by atoms with Gasteiger partial charge < -0.3 is 15.6 Å². The number of rotatable bonds is 1. The highest BCUT2D eigenvalue weighted by molar-refractivity contribution is 8.00. The maximum absolute atomic E-state index is 12.6. The van der Waals surface area contributed by atoms with E-state index in [2.05, 4.69) is 18.8 Å². The van der Waals surface area contributed by atoms with Gasteiger partial charge in [0, 0.05) is 40.2 Å². The largest absolute Gasteiger partial charge is 0.399 e. The van der Waals surface area contributed by atoms with Crippen LogP contribution in [0.25, 0.3) is 10.9 Å². The molecule has 2 heterocycles. The molecule has 0 radical (unpaired) electrons. The number of nitrogens with zero attached hydrogens (tertiary/aromatic N) is 1. The van der Waals surface area contributed by atoms with E-state index >= 15 is 0 Å². The first-order chi connectivity index (χ1) is 9.52. The van der Waals surface area contributed by atoms with Crippen molar-refractivity contribution in [2.45, 2.75) is 24.3 Å². The van der Waals surface area contributed by atoms with Gasteiger partial charge in [-0.1, -0.05) is 13.8 Å². The fourth-order valence-corrected chi connectivity index (χ4v) is 4.11. The molecule has 2 unspecified atom stereocenters. The first-order valence-corrected chi connectivity index (χ1v) is 7.80. The zero-order valence-electron chi connectivity index (χ0n) is 11.7. The topological polar surface area (TPSA) is 62.1 Å². The summed E-state index contributed by atoms with van der Waals surface area (Å²) in [6.45, 7) is 5.97. The Bertz CT molecular complexity index is 642. The Labute approximate surface area is 122 Å². The lowest BCUT2D eigenvalue weighted by Gasteiger charge is -2.34. The predicted molar refractivity (Wildman–Crippen MR) is 85.1 cm³/mol. The molecule has 2 atom stereocenters. The molecule has 1 fully saturated rings. The highest BCUT2D eigenvalue weighted by Crippen LogP contribution is 2.26. The van der Waals surface area contributed by atoms with E-state index in [0.29, 0.717) is 21.9 Å². The average molecular weight is 289 g/mol. The number of carbonyl (C=O) groups is 1. The molecule has 1 aliphatic rings. The Kier molecular flexibility index (Phi) is 3.38. The molecule has 0 bridgehead atoms. The van der Waals surface area contributed by atoms with E-state index in [-0.39, 0.29) is 5.91 Å². The standard InChI is InChI=1S/C15H19N3OS/c1-9-7-18(8-10(2)20-9)15(19)14-6-11-5-12(16)3-4-13(11)17-14/h3-6,9-10,17H,7-8,16H2,1-2H3. The van der Waals surface area contributed by atoms with Crippen LogP contribution in [-0.2, 0) is 0 Å². The summed E-state index contributed by atoms with van der Waals surface area (Å²) in [6, 6.07) is 7.54. The molecule has 5 heteroatoms. The molecule has 106 valence electrons. The van der Waals surface area contributed by atoms with Gasteiger partial charge in [-0.15, -0.1) is 0 Å². The van der Waals surface area contributed by atoms with Crippen LogP contribution in [0.1, 0.15) is 24.3 Å². The molecule has 3 rings (SSSR count). The van der Waals surface area contributed by atoms with Crippen LogP contribution in [0.15, 0.2) is 24.3 Å². The monoisotopic (exact) mass is 289 g/mol. The molecule has 1 amide bonds. The van der Waals surface area contributed by atoms with Crippen LogP contribution in [0, 0.1) is 0 Å². The number of hydrogen-bond acceptors (Lipinski definition) is 3. The van der Waals surface area contributed by atoms with Crippen molar-refractivity contribution in [2.24, 2.45) is 0 Å². The van der Waals surface area contributed by atoms with Gasteiger partial charge in [0.25, 0.3) is 5.91 Å². The van der Waals surface area contributed by atoms with Crippen molar-refractivity contribution < 1.29 is 4.79 Å². The lowest BCUT2D eigenvalue weighted by molar-refractivity contribution is 0.0748. The number of aromatic nitrogens is 1. The fraction of sp³-hybridized carbons (Fsp3) is 0.400. The summed E-state index contributed by atoms with van der Waals surface area (Å²) in [5, 5.41) is 1.96. The molecule has 1 aromatic carbocycles. The van der Waals surface area contributed by atoms with Crippen LogP contribution in [0.3, 0.4) is 0 Å². The number of hydrogen-bond donors (Lipinski definition) is 2. The number of carbonyl (C=O) groups excluding carboxylic acids is 1. The van der Waals surface area contributed by atoms with E-state index in [1.807, 2.05) is 40.9 Å². The Morgan fingerprint density at radius 1 is 1.30 bits per heavy atom. The van der Waals surface area contributed by atoms with Gasteiger partial charge >= 0.3 is 0 Å².